The molecule has 0 radical (unpaired) electrons. The lowest BCUT2D eigenvalue weighted by molar-refractivity contribution is -0.135. The van der Waals surface area contributed by atoms with Gasteiger partial charge in [0.1, 0.15) is 0 Å². The van der Waals surface area contributed by atoms with Gasteiger partial charge in [0.15, 0.2) is 0 Å². The molecule has 0 bridgehead atoms. The van der Waals surface area contributed by atoms with Crippen LogP contribution in [0.25, 0.3) is 0 Å². The number of alkyl halides is 3. The molecule has 0 fully saturated rings. The Morgan fingerprint density at radius 3 is 2.38 bits per heavy atom. The third-order valence-electron chi connectivity index (χ3n) is 1.89. The monoisotopic (exact) mass is 242 g/mol. The summed E-state index contributed by atoms with van der Waals surface area (Å²) in [4.78, 5) is 12.8. The van der Waals surface area contributed by atoms with Gasteiger partial charge in [0, 0.05) is 12.6 Å². The zero-order valence-electron chi connectivity index (χ0n) is 9.34. The van der Waals surface area contributed by atoms with Gasteiger partial charge in [0.25, 0.3) is 0 Å². The fourth-order valence-electron chi connectivity index (χ4n) is 1.19. The first-order chi connectivity index (χ1) is 7.28. The number of carbonyl (C=O) groups excluding carboxylic acids is 1. The van der Waals surface area contributed by atoms with E-state index in [0.717, 1.165) is 0 Å². The van der Waals surface area contributed by atoms with E-state index < -0.39 is 18.6 Å². The summed E-state index contributed by atoms with van der Waals surface area (Å²) in [5.74, 6) is -0.451. The van der Waals surface area contributed by atoms with Crippen molar-refractivity contribution in [3.63, 3.8) is 0 Å². The smallest absolute Gasteiger partial charge is 0.395 e. The molecule has 0 saturated heterocycles. The number of nitrogens with zero attached hydrogens (tertiary/aromatic N) is 1. The maximum absolute atomic E-state index is 11.8. The molecule has 0 aromatic heterocycles. The minimum Gasteiger partial charge on any atom is -0.395 e. The SMILES string of the molecule is CC(C)N(CCO)C(=O)CNCC(F)(F)F. The highest BCUT2D eigenvalue weighted by molar-refractivity contribution is 5.78. The first-order valence-corrected chi connectivity index (χ1v) is 4.95. The molecule has 0 heterocycles. The second-order valence-electron chi connectivity index (χ2n) is 3.62. The molecule has 0 aliphatic heterocycles. The molecular weight excluding hydrogens is 225 g/mol. The number of nitrogens with one attached hydrogen (secondary N) is 1. The zero-order chi connectivity index (χ0) is 12.8. The maximum atomic E-state index is 11.8. The number of aliphatic hydroxyl groups is 1. The maximum Gasteiger partial charge on any atom is 0.401 e. The van der Waals surface area contributed by atoms with Crippen molar-refractivity contribution in [1.29, 1.82) is 0 Å². The topological polar surface area (TPSA) is 52.6 Å². The van der Waals surface area contributed by atoms with Gasteiger partial charge in [-0.05, 0) is 13.8 Å². The van der Waals surface area contributed by atoms with Gasteiger partial charge in [0.05, 0.1) is 19.7 Å². The average Bonchev–Trinajstić information content (AvgIpc) is 2.11. The number of carbonyl (C=O) groups is 1. The summed E-state index contributed by atoms with van der Waals surface area (Å²) >= 11 is 0. The summed E-state index contributed by atoms with van der Waals surface area (Å²) in [6.07, 6.45) is -4.32. The molecule has 16 heavy (non-hydrogen) atoms. The number of hydrogen-bond donors (Lipinski definition) is 2. The van der Waals surface area contributed by atoms with E-state index in [1.165, 1.54) is 4.90 Å². The largest absolute Gasteiger partial charge is 0.401 e. The lowest BCUT2D eigenvalue weighted by atomic mass is 10.3. The molecule has 0 aromatic carbocycles. The van der Waals surface area contributed by atoms with Crippen molar-refractivity contribution in [1.82, 2.24) is 10.2 Å². The summed E-state index contributed by atoms with van der Waals surface area (Å²) in [5.41, 5.74) is 0. The molecule has 0 aliphatic carbocycles. The Balaban J connectivity index is 4.02. The summed E-state index contributed by atoms with van der Waals surface area (Å²) in [7, 11) is 0. The number of amides is 1. The molecule has 0 aromatic rings. The molecule has 0 unspecified atom stereocenters. The van der Waals surface area contributed by atoms with Crippen molar-refractivity contribution < 1.29 is 23.1 Å². The van der Waals surface area contributed by atoms with E-state index in [1.54, 1.807) is 13.8 Å². The van der Waals surface area contributed by atoms with Crippen LogP contribution in [0.4, 0.5) is 13.2 Å². The van der Waals surface area contributed by atoms with Crippen molar-refractivity contribution >= 4 is 5.91 Å². The highest BCUT2D eigenvalue weighted by Gasteiger charge is 2.27. The van der Waals surface area contributed by atoms with Crippen LogP contribution in [0.15, 0.2) is 0 Å². The Labute approximate surface area is 92.4 Å². The Hall–Kier alpha value is -0.820. The van der Waals surface area contributed by atoms with Crippen LogP contribution in [0.5, 0.6) is 0 Å². The van der Waals surface area contributed by atoms with Crippen molar-refractivity contribution in [3.8, 4) is 0 Å². The van der Waals surface area contributed by atoms with Gasteiger partial charge < -0.3 is 15.3 Å². The van der Waals surface area contributed by atoms with Crippen LogP contribution in [-0.2, 0) is 4.79 Å². The molecule has 0 spiro atoms. The summed E-state index contributed by atoms with van der Waals surface area (Å²) in [6, 6.07) is -0.146. The predicted molar refractivity (Wildman–Crippen MR) is 52.9 cm³/mol. The summed E-state index contributed by atoms with van der Waals surface area (Å²) < 4.78 is 35.4. The summed E-state index contributed by atoms with van der Waals surface area (Å²) in [6.45, 7) is 1.82. The molecule has 96 valence electrons. The highest BCUT2D eigenvalue weighted by atomic mass is 19.4. The van der Waals surface area contributed by atoms with Crippen LogP contribution in [0.2, 0.25) is 0 Å². The van der Waals surface area contributed by atoms with Gasteiger partial charge in [-0.25, -0.2) is 0 Å². The Morgan fingerprint density at radius 1 is 1.44 bits per heavy atom. The van der Waals surface area contributed by atoms with E-state index >= 15 is 0 Å². The van der Waals surface area contributed by atoms with E-state index in [4.69, 9.17) is 5.11 Å². The Kier molecular flexibility index (Phi) is 6.35. The van der Waals surface area contributed by atoms with E-state index in [0.29, 0.717) is 0 Å². The van der Waals surface area contributed by atoms with E-state index in [1.807, 2.05) is 5.32 Å². The number of hydrogen-bond acceptors (Lipinski definition) is 3. The number of rotatable bonds is 6. The second-order valence-corrected chi connectivity index (χ2v) is 3.62. The molecule has 4 nitrogen and oxygen atoms in total. The van der Waals surface area contributed by atoms with Gasteiger partial charge in [0.2, 0.25) is 5.91 Å². The van der Waals surface area contributed by atoms with Gasteiger partial charge in [-0.3, -0.25) is 4.79 Å². The fourth-order valence-corrected chi connectivity index (χ4v) is 1.19. The van der Waals surface area contributed by atoms with Gasteiger partial charge in [-0.15, -0.1) is 0 Å². The van der Waals surface area contributed by atoms with Crippen molar-refractivity contribution in [2.24, 2.45) is 0 Å². The third-order valence-corrected chi connectivity index (χ3v) is 1.89. The minimum absolute atomic E-state index is 0.129. The normalized spacial score (nSPS) is 11.9. The predicted octanol–water partition coefficient (Wildman–Crippen LogP) is 0.368. The average molecular weight is 242 g/mol. The quantitative estimate of drug-likeness (QED) is 0.707. The minimum atomic E-state index is -4.32. The lowest BCUT2D eigenvalue weighted by Crippen LogP contribution is -2.45. The van der Waals surface area contributed by atoms with Crippen LogP contribution < -0.4 is 5.32 Å². The molecule has 0 saturated carbocycles. The molecule has 0 atom stereocenters. The Bertz CT molecular complexity index is 219. The van der Waals surface area contributed by atoms with Crippen LogP contribution in [0, 0.1) is 0 Å². The van der Waals surface area contributed by atoms with Crippen molar-refractivity contribution in [2.75, 3.05) is 26.2 Å². The molecule has 1 amide bonds. The van der Waals surface area contributed by atoms with E-state index in [9.17, 15) is 18.0 Å². The first-order valence-electron chi connectivity index (χ1n) is 4.95. The van der Waals surface area contributed by atoms with Gasteiger partial charge in [-0.1, -0.05) is 0 Å². The van der Waals surface area contributed by atoms with Gasteiger partial charge in [-0.2, -0.15) is 13.2 Å². The molecule has 2 N–H and O–H groups in total. The number of halogens is 3. The number of aliphatic hydroxyl groups excluding tert-OH is 1. The van der Waals surface area contributed by atoms with E-state index in [2.05, 4.69) is 0 Å². The molecule has 7 heteroatoms. The van der Waals surface area contributed by atoms with Crippen LogP contribution in [-0.4, -0.2) is 54.4 Å². The van der Waals surface area contributed by atoms with Crippen LogP contribution in [0.1, 0.15) is 13.8 Å². The van der Waals surface area contributed by atoms with Crippen LogP contribution in [0.3, 0.4) is 0 Å². The Morgan fingerprint density at radius 2 is 2.00 bits per heavy atom. The lowest BCUT2D eigenvalue weighted by Gasteiger charge is -2.26. The highest BCUT2D eigenvalue weighted by Crippen LogP contribution is 2.12. The van der Waals surface area contributed by atoms with Crippen molar-refractivity contribution in [3.05, 3.63) is 0 Å². The van der Waals surface area contributed by atoms with E-state index in [-0.39, 0.29) is 25.7 Å². The second kappa shape index (κ2) is 6.70. The molecular formula is C9H17F3N2O2. The van der Waals surface area contributed by atoms with Gasteiger partial charge >= 0.3 is 6.18 Å². The molecule has 0 rings (SSSR count). The van der Waals surface area contributed by atoms with Crippen molar-refractivity contribution in [2.45, 2.75) is 26.1 Å². The summed E-state index contributed by atoms with van der Waals surface area (Å²) in [5, 5.41) is 10.7. The first kappa shape index (κ1) is 15.2. The third kappa shape index (κ3) is 6.62. The molecule has 0 aliphatic rings. The zero-order valence-corrected chi connectivity index (χ0v) is 9.34. The standard InChI is InChI=1S/C9H17F3N2O2/c1-7(2)14(3-4-15)8(16)5-13-6-9(10,11)12/h7,13,15H,3-6H2,1-2H3. The fraction of sp³-hybridized carbons (Fsp3) is 0.889. The van der Waals surface area contributed by atoms with Crippen LogP contribution >= 0.6 is 0 Å².